The molecule has 0 aliphatic rings. The van der Waals surface area contributed by atoms with Crippen LogP contribution in [0.2, 0.25) is 5.02 Å². The normalized spacial score (nSPS) is 11.6. The molecule has 114 valence electrons. The fourth-order valence-corrected chi connectivity index (χ4v) is 2.30. The third kappa shape index (κ3) is 4.58. The molecule has 0 aliphatic heterocycles. The van der Waals surface area contributed by atoms with Crippen molar-refractivity contribution in [2.24, 2.45) is 0 Å². The Morgan fingerprint density at radius 2 is 1.91 bits per heavy atom. The number of nitrogens with one attached hydrogen (secondary N) is 1. The molecule has 1 N–H and O–H groups in total. The lowest BCUT2D eigenvalue weighted by molar-refractivity contribution is -0.123. The fraction of sp³-hybridized carbons (Fsp3) is 0.125. The summed E-state index contributed by atoms with van der Waals surface area (Å²) in [6.45, 7) is 1.51. The second-order valence-corrected chi connectivity index (χ2v) is 5.91. The lowest BCUT2D eigenvalue weighted by Gasteiger charge is -2.13. The van der Waals surface area contributed by atoms with Crippen LogP contribution in [0.1, 0.15) is 17.3 Å². The zero-order valence-electron chi connectivity index (χ0n) is 11.7. The summed E-state index contributed by atoms with van der Waals surface area (Å²) < 4.78 is 5.91. The van der Waals surface area contributed by atoms with Gasteiger partial charge in [-0.15, -0.1) is 0 Å². The SMILES string of the molecule is C[C@@H](OC(=O)c1cccc(Br)c1)C(=O)Nc1cccc(Cl)c1. The molecule has 0 aliphatic carbocycles. The first kappa shape index (κ1) is 16.5. The zero-order chi connectivity index (χ0) is 16.1. The molecule has 0 saturated heterocycles. The maximum Gasteiger partial charge on any atom is 0.338 e. The van der Waals surface area contributed by atoms with Crippen molar-refractivity contribution in [3.63, 3.8) is 0 Å². The van der Waals surface area contributed by atoms with Crippen LogP contribution in [-0.4, -0.2) is 18.0 Å². The van der Waals surface area contributed by atoms with E-state index in [0.717, 1.165) is 4.47 Å². The number of carbonyl (C=O) groups excluding carboxylic acids is 2. The van der Waals surface area contributed by atoms with Gasteiger partial charge < -0.3 is 10.1 Å². The largest absolute Gasteiger partial charge is 0.449 e. The average Bonchev–Trinajstić information content (AvgIpc) is 2.47. The molecule has 2 rings (SSSR count). The second kappa shape index (κ2) is 7.42. The van der Waals surface area contributed by atoms with Gasteiger partial charge in [0.15, 0.2) is 6.10 Å². The Hall–Kier alpha value is -1.85. The van der Waals surface area contributed by atoms with Gasteiger partial charge in [-0.3, -0.25) is 4.79 Å². The Bertz CT molecular complexity index is 705. The summed E-state index contributed by atoms with van der Waals surface area (Å²) in [5, 5.41) is 3.15. The Morgan fingerprint density at radius 1 is 1.18 bits per heavy atom. The van der Waals surface area contributed by atoms with Gasteiger partial charge in [0.2, 0.25) is 0 Å². The number of hydrogen-bond acceptors (Lipinski definition) is 3. The topological polar surface area (TPSA) is 55.4 Å². The van der Waals surface area contributed by atoms with Crippen LogP contribution in [0, 0.1) is 0 Å². The fourth-order valence-electron chi connectivity index (χ4n) is 1.71. The van der Waals surface area contributed by atoms with E-state index in [9.17, 15) is 9.59 Å². The number of hydrogen-bond donors (Lipinski definition) is 1. The first-order valence-electron chi connectivity index (χ1n) is 6.48. The summed E-state index contributed by atoms with van der Waals surface area (Å²) in [6.07, 6.45) is -0.925. The van der Waals surface area contributed by atoms with E-state index in [1.165, 1.54) is 6.92 Å². The van der Waals surface area contributed by atoms with E-state index in [-0.39, 0.29) is 0 Å². The Kier molecular flexibility index (Phi) is 5.57. The minimum Gasteiger partial charge on any atom is -0.449 e. The summed E-state index contributed by atoms with van der Waals surface area (Å²) in [4.78, 5) is 24.0. The van der Waals surface area contributed by atoms with E-state index in [1.807, 2.05) is 0 Å². The highest BCUT2D eigenvalue weighted by atomic mass is 79.9. The van der Waals surface area contributed by atoms with Crippen LogP contribution in [0.25, 0.3) is 0 Å². The van der Waals surface area contributed by atoms with Crippen LogP contribution in [0.5, 0.6) is 0 Å². The zero-order valence-corrected chi connectivity index (χ0v) is 14.0. The van der Waals surface area contributed by atoms with Crippen LogP contribution < -0.4 is 5.32 Å². The molecule has 0 bridgehead atoms. The van der Waals surface area contributed by atoms with Crippen LogP contribution in [0.15, 0.2) is 53.0 Å². The van der Waals surface area contributed by atoms with E-state index < -0.39 is 18.0 Å². The summed E-state index contributed by atoms with van der Waals surface area (Å²) >= 11 is 9.12. The second-order valence-electron chi connectivity index (χ2n) is 4.56. The van der Waals surface area contributed by atoms with Crippen LogP contribution in [-0.2, 0) is 9.53 Å². The van der Waals surface area contributed by atoms with Gasteiger partial charge in [-0.25, -0.2) is 4.79 Å². The van der Waals surface area contributed by atoms with E-state index in [0.29, 0.717) is 16.3 Å². The predicted octanol–water partition coefficient (Wildman–Crippen LogP) is 4.29. The lowest BCUT2D eigenvalue weighted by atomic mass is 10.2. The van der Waals surface area contributed by atoms with Crippen molar-refractivity contribution in [3.8, 4) is 0 Å². The molecule has 0 radical (unpaired) electrons. The molecule has 2 aromatic carbocycles. The van der Waals surface area contributed by atoms with Crippen molar-refractivity contribution in [3.05, 3.63) is 63.6 Å². The molecule has 1 atom stereocenters. The molecule has 2 aromatic rings. The van der Waals surface area contributed by atoms with Crippen molar-refractivity contribution in [1.29, 1.82) is 0 Å². The molecule has 0 unspecified atom stereocenters. The third-order valence-corrected chi connectivity index (χ3v) is 3.53. The molecule has 4 nitrogen and oxygen atoms in total. The van der Waals surface area contributed by atoms with E-state index in [1.54, 1.807) is 48.5 Å². The van der Waals surface area contributed by atoms with Crippen LogP contribution >= 0.6 is 27.5 Å². The minimum atomic E-state index is -0.925. The van der Waals surface area contributed by atoms with Crippen molar-refractivity contribution >= 4 is 45.1 Å². The number of halogens is 2. The molecule has 0 fully saturated rings. The Morgan fingerprint density at radius 3 is 2.59 bits per heavy atom. The highest BCUT2D eigenvalue weighted by Gasteiger charge is 2.19. The van der Waals surface area contributed by atoms with Crippen LogP contribution in [0.3, 0.4) is 0 Å². The van der Waals surface area contributed by atoms with Gasteiger partial charge in [-0.1, -0.05) is 39.7 Å². The quantitative estimate of drug-likeness (QED) is 0.803. The molecule has 0 spiro atoms. The highest BCUT2D eigenvalue weighted by Crippen LogP contribution is 2.16. The molecule has 0 aromatic heterocycles. The van der Waals surface area contributed by atoms with Gasteiger partial charge in [0, 0.05) is 15.2 Å². The number of ether oxygens (including phenoxy) is 1. The van der Waals surface area contributed by atoms with Gasteiger partial charge in [0.25, 0.3) is 5.91 Å². The third-order valence-electron chi connectivity index (χ3n) is 2.81. The summed E-state index contributed by atoms with van der Waals surface area (Å²) in [7, 11) is 0. The molecular formula is C16H13BrClNO3. The van der Waals surface area contributed by atoms with Crippen molar-refractivity contribution in [2.75, 3.05) is 5.32 Å². The van der Waals surface area contributed by atoms with E-state index in [2.05, 4.69) is 21.2 Å². The maximum absolute atomic E-state index is 12.0. The number of amides is 1. The first-order chi connectivity index (χ1) is 10.5. The van der Waals surface area contributed by atoms with Crippen molar-refractivity contribution in [2.45, 2.75) is 13.0 Å². The van der Waals surface area contributed by atoms with Crippen LogP contribution in [0.4, 0.5) is 5.69 Å². The van der Waals surface area contributed by atoms with E-state index in [4.69, 9.17) is 16.3 Å². The molecule has 22 heavy (non-hydrogen) atoms. The van der Waals surface area contributed by atoms with Crippen molar-refractivity contribution < 1.29 is 14.3 Å². The summed E-state index contributed by atoms with van der Waals surface area (Å²) in [5.74, 6) is -0.986. The maximum atomic E-state index is 12.0. The standard InChI is InChI=1S/C16H13BrClNO3/c1-10(15(20)19-14-7-3-6-13(18)9-14)22-16(21)11-4-2-5-12(17)8-11/h2-10H,1H3,(H,19,20)/t10-/m1/s1. The predicted molar refractivity (Wildman–Crippen MR) is 89.1 cm³/mol. The van der Waals surface area contributed by atoms with Gasteiger partial charge in [-0.2, -0.15) is 0 Å². The molecule has 1 amide bonds. The summed E-state index contributed by atoms with van der Waals surface area (Å²) in [5.41, 5.74) is 0.916. The Balaban J connectivity index is 1.98. The van der Waals surface area contributed by atoms with E-state index >= 15 is 0 Å². The number of esters is 1. The summed E-state index contributed by atoms with van der Waals surface area (Å²) in [6, 6.07) is 13.5. The molecule has 0 saturated carbocycles. The van der Waals surface area contributed by atoms with Crippen molar-refractivity contribution in [1.82, 2.24) is 0 Å². The number of anilines is 1. The van der Waals surface area contributed by atoms with Gasteiger partial charge in [0.05, 0.1) is 5.56 Å². The molecule has 0 heterocycles. The average molecular weight is 383 g/mol. The molecule has 6 heteroatoms. The Labute approximate surface area is 141 Å². The number of carbonyl (C=O) groups is 2. The van der Waals surface area contributed by atoms with Gasteiger partial charge in [-0.05, 0) is 43.3 Å². The number of benzene rings is 2. The molecular weight excluding hydrogens is 370 g/mol. The first-order valence-corrected chi connectivity index (χ1v) is 7.66. The monoisotopic (exact) mass is 381 g/mol. The van der Waals surface area contributed by atoms with Gasteiger partial charge in [0.1, 0.15) is 0 Å². The highest BCUT2D eigenvalue weighted by molar-refractivity contribution is 9.10. The van der Waals surface area contributed by atoms with Gasteiger partial charge >= 0.3 is 5.97 Å². The lowest BCUT2D eigenvalue weighted by Crippen LogP contribution is -2.30. The number of rotatable bonds is 4. The smallest absolute Gasteiger partial charge is 0.338 e. The minimum absolute atomic E-state index is 0.372.